The second-order valence-electron chi connectivity index (χ2n) is 3.59. The van der Waals surface area contributed by atoms with Gasteiger partial charge in [0.2, 0.25) is 0 Å². The van der Waals surface area contributed by atoms with E-state index in [0.29, 0.717) is 4.88 Å². The van der Waals surface area contributed by atoms with Crippen molar-refractivity contribution >= 4 is 23.5 Å². The standard InChI is InChI=1S/C13H12N2OS/c1-10-4-2-5-11(8-10)9-14-15-13(16)12-6-3-7-17-12/h2-9H,1H3,(H,15,16)/b14-9+. The molecule has 0 radical (unpaired) electrons. The summed E-state index contributed by atoms with van der Waals surface area (Å²) in [6.45, 7) is 2.02. The number of thiophene rings is 1. The lowest BCUT2D eigenvalue weighted by molar-refractivity contribution is 0.0959. The molecule has 0 aliphatic heterocycles. The normalized spacial score (nSPS) is 10.6. The van der Waals surface area contributed by atoms with Gasteiger partial charge in [0.1, 0.15) is 0 Å². The van der Waals surface area contributed by atoms with Crippen molar-refractivity contribution in [3.8, 4) is 0 Å². The second kappa shape index (κ2) is 5.41. The lowest BCUT2D eigenvalue weighted by Gasteiger charge is -1.97. The van der Waals surface area contributed by atoms with E-state index in [1.807, 2.05) is 42.6 Å². The molecule has 0 bridgehead atoms. The molecule has 1 N–H and O–H groups in total. The van der Waals surface area contributed by atoms with E-state index in [1.54, 1.807) is 12.3 Å². The van der Waals surface area contributed by atoms with E-state index in [2.05, 4.69) is 10.5 Å². The van der Waals surface area contributed by atoms with Crippen LogP contribution in [0.4, 0.5) is 0 Å². The zero-order valence-electron chi connectivity index (χ0n) is 9.38. The minimum atomic E-state index is -0.177. The number of hydrazone groups is 1. The first-order valence-corrected chi connectivity index (χ1v) is 6.07. The summed E-state index contributed by atoms with van der Waals surface area (Å²) in [6.07, 6.45) is 1.64. The summed E-state index contributed by atoms with van der Waals surface area (Å²) >= 11 is 1.39. The molecule has 1 aromatic carbocycles. The number of benzene rings is 1. The molecule has 2 aromatic rings. The lowest BCUT2D eigenvalue weighted by Crippen LogP contribution is -2.16. The summed E-state index contributed by atoms with van der Waals surface area (Å²) in [5, 5.41) is 5.78. The molecule has 0 aliphatic rings. The molecular formula is C13H12N2OS. The minimum Gasteiger partial charge on any atom is -0.266 e. The Kier molecular flexibility index (Phi) is 3.67. The van der Waals surface area contributed by atoms with E-state index in [0.717, 1.165) is 5.56 Å². The number of nitrogens with one attached hydrogen (secondary N) is 1. The quantitative estimate of drug-likeness (QED) is 0.654. The molecule has 0 atom stereocenters. The van der Waals surface area contributed by atoms with Crippen LogP contribution in [0.2, 0.25) is 0 Å². The van der Waals surface area contributed by atoms with Crippen LogP contribution in [-0.2, 0) is 0 Å². The number of hydrogen-bond acceptors (Lipinski definition) is 3. The Hall–Kier alpha value is -1.94. The van der Waals surface area contributed by atoms with Crippen molar-refractivity contribution in [3.05, 3.63) is 57.8 Å². The fourth-order valence-electron chi connectivity index (χ4n) is 1.38. The van der Waals surface area contributed by atoms with Gasteiger partial charge in [0.05, 0.1) is 11.1 Å². The predicted octanol–water partition coefficient (Wildman–Crippen LogP) is 2.82. The highest BCUT2D eigenvalue weighted by Gasteiger charge is 2.03. The van der Waals surface area contributed by atoms with Crippen LogP contribution in [-0.4, -0.2) is 12.1 Å². The van der Waals surface area contributed by atoms with Crippen molar-refractivity contribution in [1.29, 1.82) is 0 Å². The van der Waals surface area contributed by atoms with E-state index < -0.39 is 0 Å². The summed E-state index contributed by atoms with van der Waals surface area (Å²) in [5.41, 5.74) is 4.63. The number of hydrogen-bond donors (Lipinski definition) is 1. The Morgan fingerprint density at radius 2 is 2.24 bits per heavy atom. The van der Waals surface area contributed by atoms with Gasteiger partial charge in [0.25, 0.3) is 5.91 Å². The van der Waals surface area contributed by atoms with Gasteiger partial charge in [-0.3, -0.25) is 4.79 Å². The van der Waals surface area contributed by atoms with Gasteiger partial charge in [-0.05, 0) is 23.9 Å². The topological polar surface area (TPSA) is 41.5 Å². The van der Waals surface area contributed by atoms with Crippen LogP contribution in [0.1, 0.15) is 20.8 Å². The molecule has 0 saturated carbocycles. The number of aryl methyl sites for hydroxylation is 1. The van der Waals surface area contributed by atoms with Gasteiger partial charge in [-0.25, -0.2) is 5.43 Å². The molecule has 0 saturated heterocycles. The van der Waals surface area contributed by atoms with Crippen molar-refractivity contribution < 1.29 is 4.79 Å². The molecule has 86 valence electrons. The third-order valence-corrected chi connectivity index (χ3v) is 3.04. The van der Waals surface area contributed by atoms with E-state index in [4.69, 9.17) is 0 Å². The number of rotatable bonds is 3. The zero-order valence-corrected chi connectivity index (χ0v) is 10.2. The summed E-state index contributed by atoms with van der Waals surface area (Å²) in [4.78, 5) is 12.2. The number of carbonyl (C=O) groups is 1. The first kappa shape index (κ1) is 11.5. The molecule has 0 aliphatic carbocycles. The van der Waals surface area contributed by atoms with E-state index >= 15 is 0 Å². The molecule has 2 rings (SSSR count). The molecule has 0 spiro atoms. The summed E-state index contributed by atoms with van der Waals surface area (Å²) in [6, 6.07) is 11.5. The molecule has 1 amide bonds. The van der Waals surface area contributed by atoms with Crippen LogP contribution in [0.15, 0.2) is 46.9 Å². The molecule has 1 aromatic heterocycles. The van der Waals surface area contributed by atoms with Crippen LogP contribution < -0.4 is 5.43 Å². The van der Waals surface area contributed by atoms with Crippen molar-refractivity contribution in [2.45, 2.75) is 6.92 Å². The predicted molar refractivity (Wildman–Crippen MR) is 70.6 cm³/mol. The summed E-state index contributed by atoms with van der Waals surface area (Å²) in [5.74, 6) is -0.177. The third kappa shape index (κ3) is 3.26. The minimum absolute atomic E-state index is 0.177. The van der Waals surface area contributed by atoms with Crippen LogP contribution in [0, 0.1) is 6.92 Å². The maximum absolute atomic E-state index is 11.5. The van der Waals surface area contributed by atoms with Crippen LogP contribution in [0.3, 0.4) is 0 Å². The van der Waals surface area contributed by atoms with Crippen LogP contribution >= 0.6 is 11.3 Å². The van der Waals surface area contributed by atoms with Crippen LogP contribution in [0.25, 0.3) is 0 Å². The fourth-order valence-corrected chi connectivity index (χ4v) is 1.99. The molecule has 17 heavy (non-hydrogen) atoms. The van der Waals surface area contributed by atoms with Crippen molar-refractivity contribution in [2.75, 3.05) is 0 Å². The Morgan fingerprint density at radius 1 is 1.35 bits per heavy atom. The van der Waals surface area contributed by atoms with Gasteiger partial charge >= 0.3 is 0 Å². The van der Waals surface area contributed by atoms with Gasteiger partial charge in [-0.1, -0.05) is 35.9 Å². The van der Waals surface area contributed by atoms with E-state index in [9.17, 15) is 4.79 Å². The number of carbonyl (C=O) groups excluding carboxylic acids is 1. The number of amides is 1. The molecular weight excluding hydrogens is 232 g/mol. The molecule has 0 unspecified atom stereocenters. The molecule has 0 fully saturated rings. The Balaban J connectivity index is 1.96. The zero-order chi connectivity index (χ0) is 12.1. The Labute approximate surface area is 104 Å². The Morgan fingerprint density at radius 3 is 2.94 bits per heavy atom. The van der Waals surface area contributed by atoms with Gasteiger partial charge in [-0.15, -0.1) is 11.3 Å². The van der Waals surface area contributed by atoms with Gasteiger partial charge in [0.15, 0.2) is 0 Å². The van der Waals surface area contributed by atoms with Gasteiger partial charge in [-0.2, -0.15) is 5.10 Å². The monoisotopic (exact) mass is 244 g/mol. The average molecular weight is 244 g/mol. The molecule has 4 heteroatoms. The molecule has 1 heterocycles. The summed E-state index contributed by atoms with van der Waals surface area (Å²) in [7, 11) is 0. The van der Waals surface area contributed by atoms with Crippen molar-refractivity contribution in [2.24, 2.45) is 5.10 Å². The SMILES string of the molecule is Cc1cccc(/C=N/NC(=O)c2cccs2)c1. The van der Waals surface area contributed by atoms with E-state index in [1.165, 1.54) is 16.9 Å². The van der Waals surface area contributed by atoms with Gasteiger partial charge < -0.3 is 0 Å². The Bertz CT molecular complexity index is 532. The average Bonchev–Trinajstić information content (AvgIpc) is 2.82. The fraction of sp³-hybridized carbons (Fsp3) is 0.0769. The maximum atomic E-state index is 11.5. The third-order valence-electron chi connectivity index (χ3n) is 2.17. The first-order valence-electron chi connectivity index (χ1n) is 5.19. The van der Waals surface area contributed by atoms with Crippen molar-refractivity contribution in [3.63, 3.8) is 0 Å². The van der Waals surface area contributed by atoms with E-state index in [-0.39, 0.29) is 5.91 Å². The number of nitrogens with zero attached hydrogens (tertiary/aromatic N) is 1. The molecule has 3 nitrogen and oxygen atoms in total. The largest absolute Gasteiger partial charge is 0.281 e. The van der Waals surface area contributed by atoms with Crippen molar-refractivity contribution in [1.82, 2.24) is 5.43 Å². The highest BCUT2D eigenvalue weighted by Crippen LogP contribution is 2.07. The van der Waals surface area contributed by atoms with Crippen LogP contribution in [0.5, 0.6) is 0 Å². The highest BCUT2D eigenvalue weighted by molar-refractivity contribution is 7.12. The first-order chi connectivity index (χ1) is 8.25. The smallest absolute Gasteiger partial charge is 0.266 e. The second-order valence-corrected chi connectivity index (χ2v) is 4.54. The van der Waals surface area contributed by atoms with Gasteiger partial charge in [0, 0.05) is 0 Å². The maximum Gasteiger partial charge on any atom is 0.281 e. The lowest BCUT2D eigenvalue weighted by atomic mass is 10.2. The highest BCUT2D eigenvalue weighted by atomic mass is 32.1. The summed E-state index contributed by atoms with van der Waals surface area (Å²) < 4.78 is 0.